The van der Waals surface area contributed by atoms with Crippen LogP contribution in [0.15, 0.2) is 24.3 Å². The van der Waals surface area contributed by atoms with Crippen LogP contribution in [0.1, 0.15) is 25.0 Å². The van der Waals surface area contributed by atoms with Crippen molar-refractivity contribution in [2.45, 2.75) is 19.4 Å². The maximum atomic E-state index is 11.2. The van der Waals surface area contributed by atoms with E-state index in [0.29, 0.717) is 11.3 Å². The molecule has 1 rings (SSSR count). The average Bonchev–Trinajstić information content (AvgIpc) is 2.16. The van der Waals surface area contributed by atoms with Gasteiger partial charge < -0.3 is 15.5 Å². The molecule has 1 aromatic carbocycles. The molecule has 5 nitrogen and oxygen atoms in total. The van der Waals surface area contributed by atoms with Crippen molar-refractivity contribution < 1.29 is 19.8 Å². The van der Waals surface area contributed by atoms with Crippen molar-refractivity contribution in [2.75, 3.05) is 5.32 Å². The van der Waals surface area contributed by atoms with Gasteiger partial charge in [-0.3, -0.25) is 9.59 Å². The molecule has 0 spiro atoms. The third kappa shape index (κ3) is 3.36. The number of aliphatic hydroxyl groups excluding tert-OH is 1. The Kier molecular flexibility index (Phi) is 4.02. The molecule has 5 heteroatoms. The number of hydrogen-bond donors (Lipinski definition) is 3. The summed E-state index contributed by atoms with van der Waals surface area (Å²) in [5.74, 6) is -1.80. The number of carbonyl (C=O) groups excluding carboxylic acids is 1. The molecule has 0 radical (unpaired) electrons. The van der Waals surface area contributed by atoms with Gasteiger partial charge in [0.2, 0.25) is 5.91 Å². The molecular weight excluding hydrogens is 210 g/mol. The van der Waals surface area contributed by atoms with Crippen molar-refractivity contribution in [3.8, 4) is 0 Å². The van der Waals surface area contributed by atoms with Gasteiger partial charge in [0.05, 0.1) is 6.10 Å². The van der Waals surface area contributed by atoms with Crippen LogP contribution >= 0.6 is 0 Å². The highest BCUT2D eigenvalue weighted by Gasteiger charge is 2.12. The van der Waals surface area contributed by atoms with E-state index in [-0.39, 0.29) is 0 Å². The Morgan fingerprint density at radius 1 is 1.38 bits per heavy atom. The first-order chi connectivity index (χ1) is 7.50. The zero-order valence-electron chi connectivity index (χ0n) is 8.80. The Balaban J connectivity index is 2.80. The van der Waals surface area contributed by atoms with Crippen LogP contribution in [-0.2, 0) is 9.59 Å². The smallest absolute Gasteiger partial charge is 0.312 e. The number of carbonyl (C=O) groups is 2. The number of rotatable bonds is 4. The molecule has 1 amide bonds. The van der Waals surface area contributed by atoms with Crippen molar-refractivity contribution >= 4 is 17.6 Å². The fourth-order valence-corrected chi connectivity index (χ4v) is 1.31. The van der Waals surface area contributed by atoms with Crippen LogP contribution in [0, 0.1) is 0 Å². The Morgan fingerprint density at radius 2 is 2.00 bits per heavy atom. The molecular formula is C11H13NO4. The van der Waals surface area contributed by atoms with E-state index < -0.39 is 24.4 Å². The predicted molar refractivity (Wildman–Crippen MR) is 58.0 cm³/mol. The monoisotopic (exact) mass is 223 g/mol. The van der Waals surface area contributed by atoms with Gasteiger partial charge in [0.25, 0.3) is 0 Å². The van der Waals surface area contributed by atoms with E-state index in [2.05, 4.69) is 5.32 Å². The Bertz CT molecular complexity index is 401. The normalized spacial score (nSPS) is 11.9. The molecule has 0 bridgehead atoms. The molecule has 0 saturated heterocycles. The molecule has 0 saturated carbocycles. The average molecular weight is 223 g/mol. The molecule has 3 N–H and O–H groups in total. The number of carboxylic acids is 1. The maximum Gasteiger partial charge on any atom is 0.312 e. The molecule has 0 aliphatic carbocycles. The lowest BCUT2D eigenvalue weighted by atomic mass is 10.1. The fraction of sp³-hybridized carbons (Fsp3) is 0.273. The number of carboxylic acid groups (broad SMARTS) is 1. The van der Waals surface area contributed by atoms with Crippen molar-refractivity contribution in [2.24, 2.45) is 0 Å². The maximum absolute atomic E-state index is 11.2. The summed E-state index contributed by atoms with van der Waals surface area (Å²) >= 11 is 0. The van der Waals surface area contributed by atoms with Gasteiger partial charge in [-0.15, -0.1) is 0 Å². The minimum Gasteiger partial charge on any atom is -0.481 e. The minimum atomic E-state index is -1.19. The van der Waals surface area contributed by atoms with Crippen LogP contribution in [0.3, 0.4) is 0 Å². The van der Waals surface area contributed by atoms with Gasteiger partial charge in [-0.25, -0.2) is 0 Å². The summed E-state index contributed by atoms with van der Waals surface area (Å²) in [6, 6.07) is 6.71. The van der Waals surface area contributed by atoms with Crippen LogP contribution in [0.4, 0.5) is 5.69 Å². The number of anilines is 1. The first-order valence-electron chi connectivity index (χ1n) is 4.79. The number of aliphatic carboxylic acids is 1. The van der Waals surface area contributed by atoms with Gasteiger partial charge in [-0.1, -0.05) is 18.2 Å². The van der Waals surface area contributed by atoms with Gasteiger partial charge in [0.15, 0.2) is 0 Å². The van der Waals surface area contributed by atoms with E-state index in [4.69, 9.17) is 5.11 Å². The lowest BCUT2D eigenvalue weighted by Crippen LogP contribution is -2.17. The second-order valence-electron chi connectivity index (χ2n) is 3.38. The third-order valence-corrected chi connectivity index (χ3v) is 2.00. The summed E-state index contributed by atoms with van der Waals surface area (Å²) in [6.45, 7) is 1.57. The predicted octanol–water partition coefficient (Wildman–Crippen LogP) is 1.15. The van der Waals surface area contributed by atoms with Gasteiger partial charge in [-0.05, 0) is 13.0 Å². The van der Waals surface area contributed by atoms with Gasteiger partial charge in [0.1, 0.15) is 6.42 Å². The summed E-state index contributed by atoms with van der Waals surface area (Å²) in [5, 5.41) is 20.3. The van der Waals surface area contributed by atoms with Gasteiger partial charge in [0, 0.05) is 11.3 Å². The molecule has 1 atom stereocenters. The van der Waals surface area contributed by atoms with Crippen molar-refractivity contribution in [3.63, 3.8) is 0 Å². The molecule has 86 valence electrons. The number of aliphatic hydroxyl groups is 1. The lowest BCUT2D eigenvalue weighted by molar-refractivity contribution is -0.139. The molecule has 16 heavy (non-hydrogen) atoms. The van der Waals surface area contributed by atoms with Crippen LogP contribution in [0.5, 0.6) is 0 Å². The summed E-state index contributed by atoms with van der Waals surface area (Å²) in [6.07, 6.45) is -1.31. The summed E-state index contributed by atoms with van der Waals surface area (Å²) < 4.78 is 0. The summed E-state index contributed by atoms with van der Waals surface area (Å²) in [5.41, 5.74) is 0.991. The quantitative estimate of drug-likeness (QED) is 0.668. The molecule has 0 aromatic heterocycles. The number of amides is 1. The molecule has 0 fully saturated rings. The number of nitrogens with one attached hydrogen (secondary N) is 1. The highest BCUT2D eigenvalue weighted by Crippen LogP contribution is 2.22. The lowest BCUT2D eigenvalue weighted by Gasteiger charge is -2.12. The van der Waals surface area contributed by atoms with Gasteiger partial charge in [-0.2, -0.15) is 0 Å². The van der Waals surface area contributed by atoms with Crippen LogP contribution in [0.2, 0.25) is 0 Å². The van der Waals surface area contributed by atoms with Gasteiger partial charge >= 0.3 is 5.97 Å². The molecule has 1 unspecified atom stereocenters. The summed E-state index contributed by atoms with van der Waals surface area (Å²) in [4.78, 5) is 21.5. The standard InChI is InChI=1S/C11H13NO4/c1-7(13)8-4-2-3-5-9(8)12-10(14)6-11(15)16/h2-5,7,13H,6H2,1H3,(H,12,14)(H,15,16). The number of para-hydroxylation sites is 1. The van der Waals surface area contributed by atoms with Crippen LogP contribution in [-0.4, -0.2) is 22.1 Å². The van der Waals surface area contributed by atoms with E-state index in [1.54, 1.807) is 31.2 Å². The molecule has 1 aromatic rings. The van der Waals surface area contributed by atoms with Crippen LogP contribution in [0.25, 0.3) is 0 Å². The third-order valence-electron chi connectivity index (χ3n) is 2.00. The second kappa shape index (κ2) is 5.27. The van der Waals surface area contributed by atoms with Crippen molar-refractivity contribution in [1.82, 2.24) is 0 Å². The first kappa shape index (κ1) is 12.2. The zero-order chi connectivity index (χ0) is 12.1. The van der Waals surface area contributed by atoms with E-state index in [9.17, 15) is 14.7 Å². The fourth-order valence-electron chi connectivity index (χ4n) is 1.31. The second-order valence-corrected chi connectivity index (χ2v) is 3.38. The Hall–Kier alpha value is -1.88. The minimum absolute atomic E-state index is 0.434. The SMILES string of the molecule is CC(O)c1ccccc1NC(=O)CC(=O)O. The van der Waals surface area contributed by atoms with Crippen LogP contribution < -0.4 is 5.32 Å². The van der Waals surface area contributed by atoms with Crippen molar-refractivity contribution in [3.05, 3.63) is 29.8 Å². The van der Waals surface area contributed by atoms with E-state index >= 15 is 0 Å². The van der Waals surface area contributed by atoms with E-state index in [1.807, 2.05) is 0 Å². The topological polar surface area (TPSA) is 86.6 Å². The van der Waals surface area contributed by atoms with E-state index in [0.717, 1.165) is 0 Å². The molecule has 0 aliphatic rings. The van der Waals surface area contributed by atoms with Crippen molar-refractivity contribution in [1.29, 1.82) is 0 Å². The number of benzene rings is 1. The highest BCUT2D eigenvalue weighted by atomic mass is 16.4. The molecule has 0 aliphatic heterocycles. The largest absolute Gasteiger partial charge is 0.481 e. The Labute approximate surface area is 92.7 Å². The number of hydrogen-bond acceptors (Lipinski definition) is 3. The molecule has 0 heterocycles. The zero-order valence-corrected chi connectivity index (χ0v) is 8.80. The Morgan fingerprint density at radius 3 is 2.56 bits per heavy atom. The summed E-state index contributed by atoms with van der Waals surface area (Å²) in [7, 11) is 0. The highest BCUT2D eigenvalue weighted by molar-refractivity contribution is 6.01. The first-order valence-corrected chi connectivity index (χ1v) is 4.79. The van der Waals surface area contributed by atoms with E-state index in [1.165, 1.54) is 0 Å².